The van der Waals surface area contributed by atoms with Crippen molar-refractivity contribution in [3.8, 4) is 11.3 Å². The lowest BCUT2D eigenvalue weighted by Gasteiger charge is -2.28. The Balaban J connectivity index is 1.88. The van der Waals surface area contributed by atoms with E-state index < -0.39 is 35.1 Å². The van der Waals surface area contributed by atoms with Gasteiger partial charge in [0, 0.05) is 38.0 Å². The third-order valence-electron chi connectivity index (χ3n) is 5.72. The maximum atomic E-state index is 13.8. The fourth-order valence-electron chi connectivity index (χ4n) is 4.06. The summed E-state index contributed by atoms with van der Waals surface area (Å²) < 4.78 is 49.1. The lowest BCUT2D eigenvalue weighted by atomic mass is 10.0. The van der Waals surface area contributed by atoms with Gasteiger partial charge in [0.1, 0.15) is 23.3 Å². The summed E-state index contributed by atoms with van der Waals surface area (Å²) in [6, 6.07) is -0.296. The highest BCUT2D eigenvalue weighted by molar-refractivity contribution is 6.02. The van der Waals surface area contributed by atoms with Crippen LogP contribution in [0.2, 0.25) is 0 Å². The van der Waals surface area contributed by atoms with E-state index in [0.717, 1.165) is 12.0 Å². The molecule has 168 valence electrons. The molecule has 1 atom stereocenters. The number of hydrogen-bond donors (Lipinski definition) is 3. The highest BCUT2D eigenvalue weighted by atomic mass is 19.4. The number of amidine groups is 1. The largest absolute Gasteiger partial charge is 0.409 e. The van der Waals surface area contributed by atoms with Crippen LogP contribution in [0.25, 0.3) is 11.3 Å². The SMILES string of the molecule is Cn1nc(-c2cn(C(C3CC3)C(F)(F)F)c(=O)c(C(=N)N)c2N)cc1N1CCOCC1. The van der Waals surface area contributed by atoms with Gasteiger partial charge in [-0.2, -0.15) is 18.3 Å². The van der Waals surface area contributed by atoms with Gasteiger partial charge in [0.25, 0.3) is 5.56 Å². The minimum atomic E-state index is -4.63. The molecular formula is C19H24F3N7O2. The van der Waals surface area contributed by atoms with Crippen molar-refractivity contribution in [2.45, 2.75) is 25.1 Å². The van der Waals surface area contributed by atoms with E-state index >= 15 is 0 Å². The molecule has 0 aromatic carbocycles. The Hall–Kier alpha value is -3.02. The number of hydrogen-bond acceptors (Lipinski definition) is 6. The van der Waals surface area contributed by atoms with Crippen molar-refractivity contribution in [3.05, 3.63) is 28.2 Å². The van der Waals surface area contributed by atoms with Crippen LogP contribution in [0.5, 0.6) is 0 Å². The van der Waals surface area contributed by atoms with Crippen LogP contribution in [0.4, 0.5) is 24.7 Å². The predicted octanol–water partition coefficient (Wildman–Crippen LogP) is 1.47. The van der Waals surface area contributed by atoms with Crippen LogP contribution < -0.4 is 21.9 Å². The number of morpholine rings is 1. The summed E-state index contributed by atoms with van der Waals surface area (Å²) in [7, 11) is 1.72. The summed E-state index contributed by atoms with van der Waals surface area (Å²) in [5.41, 5.74) is 10.5. The van der Waals surface area contributed by atoms with Crippen molar-refractivity contribution < 1.29 is 17.9 Å². The van der Waals surface area contributed by atoms with Crippen molar-refractivity contribution in [3.63, 3.8) is 0 Å². The molecule has 4 rings (SSSR count). The molecule has 1 saturated heterocycles. The van der Waals surface area contributed by atoms with E-state index in [1.807, 2.05) is 4.90 Å². The Morgan fingerprint density at radius 1 is 1.32 bits per heavy atom. The maximum absolute atomic E-state index is 13.8. The summed E-state index contributed by atoms with van der Waals surface area (Å²) in [4.78, 5) is 14.9. The molecule has 2 aromatic heterocycles. The number of aromatic nitrogens is 3. The van der Waals surface area contributed by atoms with Crippen molar-refractivity contribution in [2.75, 3.05) is 36.9 Å². The predicted molar refractivity (Wildman–Crippen MR) is 109 cm³/mol. The molecular weight excluding hydrogens is 415 g/mol. The molecule has 0 bridgehead atoms. The maximum Gasteiger partial charge on any atom is 0.409 e. The number of nitrogens with two attached hydrogens (primary N) is 2. The van der Waals surface area contributed by atoms with Crippen molar-refractivity contribution in [1.82, 2.24) is 14.3 Å². The van der Waals surface area contributed by atoms with E-state index in [0.29, 0.717) is 49.4 Å². The molecule has 1 aliphatic heterocycles. The Morgan fingerprint density at radius 3 is 2.52 bits per heavy atom. The van der Waals surface area contributed by atoms with Crippen LogP contribution in [-0.2, 0) is 11.8 Å². The first-order chi connectivity index (χ1) is 14.6. The van der Waals surface area contributed by atoms with E-state index in [4.69, 9.17) is 21.6 Å². The lowest BCUT2D eigenvalue weighted by Crippen LogP contribution is -2.39. The van der Waals surface area contributed by atoms with Crippen LogP contribution in [0.1, 0.15) is 24.4 Å². The van der Waals surface area contributed by atoms with Gasteiger partial charge in [-0.05, 0) is 18.8 Å². The number of ether oxygens (including phenoxy) is 1. The molecule has 1 saturated carbocycles. The molecule has 2 aliphatic rings. The minimum Gasteiger partial charge on any atom is -0.397 e. The highest BCUT2D eigenvalue weighted by Crippen LogP contribution is 2.48. The molecule has 0 radical (unpaired) electrons. The lowest BCUT2D eigenvalue weighted by molar-refractivity contribution is -0.173. The molecule has 3 heterocycles. The third-order valence-corrected chi connectivity index (χ3v) is 5.72. The number of halogens is 3. The van der Waals surface area contributed by atoms with E-state index in [-0.39, 0.29) is 11.3 Å². The molecule has 2 fully saturated rings. The second-order valence-corrected chi connectivity index (χ2v) is 7.89. The Kier molecular flexibility index (Phi) is 5.20. The molecule has 5 N–H and O–H groups in total. The van der Waals surface area contributed by atoms with Crippen LogP contribution in [-0.4, -0.2) is 52.7 Å². The number of anilines is 2. The first-order valence-electron chi connectivity index (χ1n) is 9.92. The molecule has 0 spiro atoms. The van der Waals surface area contributed by atoms with Gasteiger partial charge < -0.3 is 25.7 Å². The summed E-state index contributed by atoms with van der Waals surface area (Å²) >= 11 is 0. The average Bonchev–Trinajstić information content (AvgIpc) is 3.44. The number of rotatable bonds is 5. The third kappa shape index (κ3) is 3.87. The first kappa shape index (κ1) is 21.2. The topological polar surface area (TPSA) is 128 Å². The summed E-state index contributed by atoms with van der Waals surface area (Å²) in [6.07, 6.45) is -2.78. The van der Waals surface area contributed by atoms with E-state index in [2.05, 4.69) is 5.10 Å². The number of nitrogens with zero attached hydrogens (tertiary/aromatic N) is 4. The number of pyridine rings is 1. The monoisotopic (exact) mass is 439 g/mol. The molecule has 12 heteroatoms. The zero-order valence-electron chi connectivity index (χ0n) is 16.9. The highest BCUT2D eigenvalue weighted by Gasteiger charge is 2.51. The zero-order valence-corrected chi connectivity index (χ0v) is 16.9. The van der Waals surface area contributed by atoms with Gasteiger partial charge in [0.15, 0.2) is 0 Å². The van der Waals surface area contributed by atoms with Gasteiger partial charge in [-0.15, -0.1) is 0 Å². The number of aryl methyl sites for hydroxylation is 1. The number of alkyl halides is 3. The average molecular weight is 439 g/mol. The summed E-state index contributed by atoms with van der Waals surface area (Å²) in [5.74, 6) is -0.629. The standard InChI is InChI=1S/C19H24F3N7O2/c1-27-13(28-4-6-31-7-5-28)8-12(26-27)11-9-29(16(10-2-3-10)19(20,21)22)18(30)14(15(11)23)17(24)25/h8-10,16H,2-7,23H2,1H3,(H3,24,25). The normalized spacial score (nSPS) is 18.3. The molecule has 2 aromatic rings. The van der Waals surface area contributed by atoms with E-state index in [9.17, 15) is 18.0 Å². The molecule has 31 heavy (non-hydrogen) atoms. The molecule has 0 amide bonds. The van der Waals surface area contributed by atoms with Gasteiger partial charge in [0.2, 0.25) is 0 Å². The fourth-order valence-corrected chi connectivity index (χ4v) is 4.06. The molecule has 9 nitrogen and oxygen atoms in total. The van der Waals surface area contributed by atoms with Crippen LogP contribution >= 0.6 is 0 Å². The van der Waals surface area contributed by atoms with Crippen LogP contribution in [0.15, 0.2) is 17.1 Å². The summed E-state index contributed by atoms with van der Waals surface area (Å²) in [6.45, 7) is 2.39. The second-order valence-electron chi connectivity index (χ2n) is 7.89. The number of nitrogen functional groups attached to an aromatic ring is 2. The smallest absolute Gasteiger partial charge is 0.397 e. The van der Waals surface area contributed by atoms with Gasteiger partial charge in [0.05, 0.1) is 24.6 Å². The van der Waals surface area contributed by atoms with Crippen molar-refractivity contribution in [1.29, 1.82) is 5.41 Å². The molecule has 1 aliphatic carbocycles. The zero-order chi connectivity index (χ0) is 22.5. The quantitative estimate of drug-likeness (QED) is 0.478. The fraction of sp³-hybridized carbons (Fsp3) is 0.526. The number of nitrogens with one attached hydrogen (secondary N) is 1. The van der Waals surface area contributed by atoms with Gasteiger partial charge in [-0.3, -0.25) is 14.9 Å². The summed E-state index contributed by atoms with van der Waals surface area (Å²) in [5, 5.41) is 12.2. The van der Waals surface area contributed by atoms with Gasteiger partial charge >= 0.3 is 6.18 Å². The minimum absolute atomic E-state index is 0.134. The van der Waals surface area contributed by atoms with Crippen LogP contribution in [0, 0.1) is 11.3 Å². The van der Waals surface area contributed by atoms with Crippen molar-refractivity contribution in [2.24, 2.45) is 18.7 Å². The van der Waals surface area contributed by atoms with E-state index in [1.54, 1.807) is 17.8 Å². The Bertz CT molecular complexity index is 1070. The van der Waals surface area contributed by atoms with Crippen molar-refractivity contribution >= 4 is 17.3 Å². The second kappa shape index (κ2) is 7.59. The van der Waals surface area contributed by atoms with E-state index in [1.165, 1.54) is 0 Å². The van der Waals surface area contributed by atoms with Crippen LogP contribution in [0.3, 0.4) is 0 Å². The first-order valence-corrected chi connectivity index (χ1v) is 9.92. The van der Waals surface area contributed by atoms with Gasteiger partial charge in [-0.1, -0.05) is 0 Å². The molecule has 1 unspecified atom stereocenters. The Labute approximate surface area is 175 Å². The van der Waals surface area contributed by atoms with Gasteiger partial charge in [-0.25, -0.2) is 0 Å². The Morgan fingerprint density at radius 2 is 1.97 bits per heavy atom.